The van der Waals surface area contributed by atoms with Gasteiger partial charge in [-0.25, -0.2) is 0 Å². The number of fused-ring (bicyclic) bond motifs is 1. The van der Waals surface area contributed by atoms with E-state index in [0.29, 0.717) is 11.5 Å². The van der Waals surface area contributed by atoms with Gasteiger partial charge >= 0.3 is 0 Å². The second-order valence-electron chi connectivity index (χ2n) is 6.62. The SMILES string of the molecule is COc1ccc(C2SCCN2C(=O)C2CCc3ccccc3O2)cc1OC. The average molecular weight is 385 g/mol. The van der Waals surface area contributed by atoms with Crippen molar-refractivity contribution in [3.8, 4) is 17.2 Å². The molecule has 6 heteroatoms. The van der Waals surface area contributed by atoms with Crippen LogP contribution in [0.4, 0.5) is 0 Å². The second-order valence-corrected chi connectivity index (χ2v) is 7.81. The smallest absolute Gasteiger partial charge is 0.264 e. The van der Waals surface area contributed by atoms with Gasteiger partial charge in [-0.2, -0.15) is 0 Å². The van der Waals surface area contributed by atoms with Crippen LogP contribution in [0.2, 0.25) is 0 Å². The molecule has 2 heterocycles. The molecule has 0 spiro atoms. The number of benzene rings is 2. The Morgan fingerprint density at radius 1 is 1.15 bits per heavy atom. The van der Waals surface area contributed by atoms with Crippen LogP contribution in [0.25, 0.3) is 0 Å². The van der Waals surface area contributed by atoms with Crippen molar-refractivity contribution in [3.63, 3.8) is 0 Å². The third kappa shape index (κ3) is 3.46. The van der Waals surface area contributed by atoms with Gasteiger partial charge in [0.25, 0.3) is 5.91 Å². The number of aryl methyl sites for hydroxylation is 1. The number of nitrogens with zero attached hydrogens (tertiary/aromatic N) is 1. The van der Waals surface area contributed by atoms with Crippen LogP contribution < -0.4 is 14.2 Å². The van der Waals surface area contributed by atoms with E-state index in [0.717, 1.165) is 36.5 Å². The van der Waals surface area contributed by atoms with Gasteiger partial charge in [-0.05, 0) is 42.2 Å². The van der Waals surface area contributed by atoms with E-state index < -0.39 is 6.10 Å². The lowest BCUT2D eigenvalue weighted by Gasteiger charge is -2.31. The lowest BCUT2D eigenvalue weighted by molar-refractivity contribution is -0.139. The molecule has 2 atom stereocenters. The van der Waals surface area contributed by atoms with Gasteiger partial charge in [0.2, 0.25) is 0 Å². The highest BCUT2D eigenvalue weighted by Crippen LogP contribution is 2.42. The Hall–Kier alpha value is -2.34. The molecule has 2 aromatic carbocycles. The molecule has 2 unspecified atom stereocenters. The van der Waals surface area contributed by atoms with Crippen LogP contribution in [0, 0.1) is 0 Å². The lowest BCUT2D eigenvalue weighted by Crippen LogP contribution is -2.43. The summed E-state index contributed by atoms with van der Waals surface area (Å²) in [6.45, 7) is 0.726. The van der Waals surface area contributed by atoms with Crippen LogP contribution >= 0.6 is 11.8 Å². The highest BCUT2D eigenvalue weighted by Gasteiger charge is 2.37. The topological polar surface area (TPSA) is 48.0 Å². The van der Waals surface area contributed by atoms with Gasteiger partial charge in [0.05, 0.1) is 14.2 Å². The maximum atomic E-state index is 13.2. The lowest BCUT2D eigenvalue weighted by atomic mass is 10.0. The number of thioether (sulfide) groups is 1. The molecule has 1 amide bonds. The van der Waals surface area contributed by atoms with Crippen LogP contribution in [-0.4, -0.2) is 43.4 Å². The molecule has 0 aromatic heterocycles. The molecule has 2 aromatic rings. The van der Waals surface area contributed by atoms with Crippen molar-refractivity contribution in [1.82, 2.24) is 4.90 Å². The van der Waals surface area contributed by atoms with Crippen molar-refractivity contribution >= 4 is 17.7 Å². The molecular weight excluding hydrogens is 362 g/mol. The van der Waals surface area contributed by atoms with Gasteiger partial charge in [0.15, 0.2) is 17.6 Å². The molecule has 4 rings (SSSR count). The average Bonchev–Trinajstić information content (AvgIpc) is 3.22. The number of methoxy groups -OCH3 is 2. The molecule has 2 aliphatic heterocycles. The fourth-order valence-corrected chi connectivity index (χ4v) is 4.91. The van der Waals surface area contributed by atoms with E-state index in [-0.39, 0.29) is 11.3 Å². The van der Waals surface area contributed by atoms with Gasteiger partial charge in [-0.15, -0.1) is 11.8 Å². The third-order valence-corrected chi connectivity index (χ3v) is 6.32. The first-order valence-electron chi connectivity index (χ1n) is 9.10. The fourth-order valence-electron chi connectivity index (χ4n) is 3.66. The summed E-state index contributed by atoms with van der Waals surface area (Å²) in [5, 5.41) is -0.0296. The fraction of sp³-hybridized carbons (Fsp3) is 0.381. The molecule has 5 nitrogen and oxygen atoms in total. The molecule has 0 aliphatic carbocycles. The Balaban J connectivity index is 1.54. The maximum Gasteiger partial charge on any atom is 0.264 e. The van der Waals surface area contributed by atoms with Crippen molar-refractivity contribution < 1.29 is 19.0 Å². The first-order valence-corrected chi connectivity index (χ1v) is 10.1. The van der Waals surface area contributed by atoms with E-state index in [9.17, 15) is 4.79 Å². The summed E-state index contributed by atoms with van der Waals surface area (Å²) in [6.07, 6.45) is 1.17. The van der Waals surface area contributed by atoms with Crippen molar-refractivity contribution in [3.05, 3.63) is 53.6 Å². The molecule has 1 fully saturated rings. The number of amides is 1. The Morgan fingerprint density at radius 3 is 2.78 bits per heavy atom. The quantitative estimate of drug-likeness (QED) is 0.804. The molecule has 0 bridgehead atoms. The molecule has 142 valence electrons. The van der Waals surface area contributed by atoms with E-state index in [2.05, 4.69) is 6.07 Å². The summed E-state index contributed by atoms with van der Waals surface area (Å²) in [6, 6.07) is 13.8. The summed E-state index contributed by atoms with van der Waals surface area (Å²) < 4.78 is 16.8. The summed E-state index contributed by atoms with van der Waals surface area (Å²) >= 11 is 1.77. The first-order chi connectivity index (χ1) is 13.2. The van der Waals surface area contributed by atoms with E-state index >= 15 is 0 Å². The summed E-state index contributed by atoms with van der Waals surface area (Å²) in [4.78, 5) is 15.1. The molecule has 0 N–H and O–H groups in total. The van der Waals surface area contributed by atoms with Gasteiger partial charge in [0.1, 0.15) is 11.1 Å². The number of hydrogen-bond donors (Lipinski definition) is 0. The Bertz CT molecular complexity index is 841. The summed E-state index contributed by atoms with van der Waals surface area (Å²) in [7, 11) is 3.25. The highest BCUT2D eigenvalue weighted by molar-refractivity contribution is 7.99. The largest absolute Gasteiger partial charge is 0.493 e. The maximum absolute atomic E-state index is 13.2. The van der Waals surface area contributed by atoms with Crippen LogP contribution in [0.5, 0.6) is 17.2 Å². The van der Waals surface area contributed by atoms with E-state index in [4.69, 9.17) is 14.2 Å². The Kier molecular flexibility index (Phi) is 5.16. The molecule has 0 saturated carbocycles. The van der Waals surface area contributed by atoms with Crippen molar-refractivity contribution in [2.24, 2.45) is 0 Å². The summed E-state index contributed by atoms with van der Waals surface area (Å²) in [5.74, 6) is 3.17. The molecule has 0 radical (unpaired) electrons. The van der Waals surface area contributed by atoms with Gasteiger partial charge < -0.3 is 19.1 Å². The van der Waals surface area contributed by atoms with E-state index in [1.165, 1.54) is 5.56 Å². The van der Waals surface area contributed by atoms with Crippen molar-refractivity contribution in [2.45, 2.75) is 24.3 Å². The zero-order chi connectivity index (χ0) is 18.8. The zero-order valence-electron chi connectivity index (χ0n) is 15.5. The van der Waals surface area contributed by atoms with Crippen LogP contribution in [0.1, 0.15) is 22.9 Å². The number of carbonyl (C=O) groups excluding carboxylic acids is 1. The van der Waals surface area contributed by atoms with Crippen LogP contribution in [-0.2, 0) is 11.2 Å². The highest BCUT2D eigenvalue weighted by atomic mass is 32.2. The van der Waals surface area contributed by atoms with E-state index in [1.807, 2.05) is 41.3 Å². The van der Waals surface area contributed by atoms with Crippen molar-refractivity contribution in [2.75, 3.05) is 26.5 Å². The molecule has 2 aliphatic rings. The number of carbonyl (C=O) groups is 1. The number of para-hydroxylation sites is 1. The molecule has 27 heavy (non-hydrogen) atoms. The minimum Gasteiger partial charge on any atom is -0.493 e. The standard InChI is InChI=1S/C21H23NO4S/c1-24-17-9-8-15(13-19(17)25-2)21-22(11-12-27-21)20(23)18-10-7-14-5-3-4-6-16(14)26-18/h3-6,8-9,13,18,21H,7,10-12H2,1-2H3. The first kappa shape index (κ1) is 18.0. The normalized spacial score (nSPS) is 21.3. The van der Waals surface area contributed by atoms with Gasteiger partial charge in [-0.3, -0.25) is 4.79 Å². The molecular formula is C21H23NO4S. The number of ether oxygens (including phenoxy) is 3. The van der Waals surface area contributed by atoms with Gasteiger partial charge in [-0.1, -0.05) is 24.3 Å². The zero-order valence-corrected chi connectivity index (χ0v) is 16.3. The second kappa shape index (κ2) is 7.72. The molecule has 1 saturated heterocycles. The number of rotatable bonds is 4. The Labute approximate surface area is 163 Å². The number of hydrogen-bond acceptors (Lipinski definition) is 5. The van der Waals surface area contributed by atoms with E-state index in [1.54, 1.807) is 26.0 Å². The van der Waals surface area contributed by atoms with Gasteiger partial charge in [0, 0.05) is 12.3 Å². The van der Waals surface area contributed by atoms with Crippen LogP contribution in [0.3, 0.4) is 0 Å². The predicted molar refractivity (Wildman–Crippen MR) is 106 cm³/mol. The summed E-state index contributed by atoms with van der Waals surface area (Å²) in [5.41, 5.74) is 2.22. The van der Waals surface area contributed by atoms with Crippen molar-refractivity contribution in [1.29, 1.82) is 0 Å². The monoisotopic (exact) mass is 385 g/mol. The minimum atomic E-state index is -0.416. The third-order valence-electron chi connectivity index (χ3n) is 5.06. The minimum absolute atomic E-state index is 0.0296. The van der Waals surface area contributed by atoms with Crippen LogP contribution in [0.15, 0.2) is 42.5 Å². The predicted octanol–water partition coefficient (Wildman–Crippen LogP) is 3.67. The Morgan fingerprint density at radius 2 is 1.96 bits per heavy atom.